The Balaban J connectivity index is 1.59. The van der Waals surface area contributed by atoms with Crippen LogP contribution in [0.3, 0.4) is 0 Å². The van der Waals surface area contributed by atoms with Gasteiger partial charge in [-0.2, -0.15) is 0 Å². The number of allylic oxidation sites excluding steroid dienone is 4. The smallest absolute Gasteiger partial charge is 0.153 e. The second-order valence-electron chi connectivity index (χ2n) is 9.46. The Bertz CT molecular complexity index is 1470. The summed E-state index contributed by atoms with van der Waals surface area (Å²) < 4.78 is 5.51. The first-order chi connectivity index (χ1) is 18.4. The van der Waals surface area contributed by atoms with Gasteiger partial charge in [-0.25, -0.2) is 4.99 Å². The molecule has 0 bridgehead atoms. The van der Waals surface area contributed by atoms with E-state index in [0.717, 1.165) is 68.5 Å². The Hall–Kier alpha value is -4.44. The van der Waals surface area contributed by atoms with Crippen LogP contribution in [0.2, 0.25) is 0 Å². The quantitative estimate of drug-likeness (QED) is 0.336. The Morgan fingerprint density at radius 2 is 1.84 bits per heavy atom. The molecule has 4 nitrogen and oxygen atoms in total. The molecule has 38 heavy (non-hydrogen) atoms. The van der Waals surface area contributed by atoms with Crippen LogP contribution >= 0.6 is 0 Å². The maximum absolute atomic E-state index is 5.51. The Morgan fingerprint density at radius 1 is 1.05 bits per heavy atom. The van der Waals surface area contributed by atoms with Crippen molar-refractivity contribution in [1.82, 2.24) is 0 Å². The average Bonchev–Trinajstić information content (AvgIpc) is 2.93. The molecule has 0 spiro atoms. The highest BCUT2D eigenvalue weighted by Crippen LogP contribution is 2.28. The average molecular weight is 502 g/mol. The summed E-state index contributed by atoms with van der Waals surface area (Å²) in [6.45, 7) is 14.4. The number of nitrogens with one attached hydrogen (secondary N) is 1. The molecule has 0 amide bonds. The van der Waals surface area contributed by atoms with Gasteiger partial charge in [0.2, 0.25) is 0 Å². The van der Waals surface area contributed by atoms with E-state index in [-0.39, 0.29) is 0 Å². The van der Waals surface area contributed by atoms with Crippen molar-refractivity contribution in [3.63, 3.8) is 0 Å². The zero-order valence-corrected chi connectivity index (χ0v) is 22.7. The van der Waals surface area contributed by atoms with Crippen LogP contribution in [-0.2, 0) is 6.42 Å². The predicted octanol–water partition coefficient (Wildman–Crippen LogP) is 8.52. The van der Waals surface area contributed by atoms with Crippen LogP contribution in [0.1, 0.15) is 48.1 Å². The molecule has 0 aliphatic carbocycles. The second kappa shape index (κ2) is 12.2. The monoisotopic (exact) mass is 501 g/mol. The molecule has 3 aromatic carbocycles. The molecule has 4 heteroatoms. The van der Waals surface area contributed by atoms with Crippen LogP contribution in [0.5, 0.6) is 5.75 Å². The normalized spacial score (nSPS) is 14.3. The molecule has 1 heterocycles. The maximum atomic E-state index is 5.51. The number of anilines is 1. The van der Waals surface area contributed by atoms with E-state index in [9.17, 15) is 0 Å². The lowest BCUT2D eigenvalue weighted by Gasteiger charge is -2.18. The van der Waals surface area contributed by atoms with Gasteiger partial charge in [0, 0.05) is 29.9 Å². The molecule has 0 saturated heterocycles. The molecule has 0 aromatic heterocycles. The van der Waals surface area contributed by atoms with E-state index < -0.39 is 0 Å². The Kier molecular flexibility index (Phi) is 8.55. The summed E-state index contributed by atoms with van der Waals surface area (Å²) in [5.41, 5.74) is 10.4. The summed E-state index contributed by atoms with van der Waals surface area (Å²) in [7, 11) is 1.68. The number of hydrogen-bond donors (Lipinski definition) is 1. The van der Waals surface area contributed by atoms with Crippen LogP contribution in [0.4, 0.5) is 5.69 Å². The molecule has 0 saturated carbocycles. The first kappa shape index (κ1) is 26.6. The van der Waals surface area contributed by atoms with Crippen molar-refractivity contribution in [3.05, 3.63) is 126 Å². The Labute approximate surface area is 226 Å². The van der Waals surface area contributed by atoms with Crippen molar-refractivity contribution in [1.29, 1.82) is 0 Å². The highest BCUT2D eigenvalue weighted by atomic mass is 16.5. The molecule has 1 aliphatic rings. The molecule has 1 aliphatic heterocycles. The molecule has 3 aromatic rings. The van der Waals surface area contributed by atoms with E-state index in [1.54, 1.807) is 13.3 Å². The molecule has 0 unspecified atom stereocenters. The van der Waals surface area contributed by atoms with Gasteiger partial charge in [-0.15, -0.1) is 0 Å². The summed E-state index contributed by atoms with van der Waals surface area (Å²) in [5.74, 6) is 1.56. The molecular weight excluding hydrogens is 466 g/mol. The van der Waals surface area contributed by atoms with Crippen LogP contribution < -0.4 is 10.1 Å². The number of nitrogens with zero attached hydrogens (tertiary/aromatic N) is 2. The lowest BCUT2D eigenvalue weighted by Crippen LogP contribution is -2.25. The van der Waals surface area contributed by atoms with Crippen LogP contribution in [0.25, 0.3) is 16.8 Å². The third kappa shape index (κ3) is 6.46. The summed E-state index contributed by atoms with van der Waals surface area (Å²) in [6, 6.07) is 23.0. The van der Waals surface area contributed by atoms with E-state index in [4.69, 9.17) is 9.73 Å². The van der Waals surface area contributed by atoms with E-state index in [0.29, 0.717) is 6.42 Å². The minimum atomic E-state index is 0.675. The van der Waals surface area contributed by atoms with E-state index in [1.807, 2.05) is 45.0 Å². The van der Waals surface area contributed by atoms with Gasteiger partial charge in [0.25, 0.3) is 0 Å². The highest BCUT2D eigenvalue weighted by Gasteiger charge is 2.17. The molecule has 0 atom stereocenters. The summed E-state index contributed by atoms with van der Waals surface area (Å²) in [6.07, 6.45) is 7.30. The first-order valence-corrected chi connectivity index (χ1v) is 12.8. The fourth-order valence-electron chi connectivity index (χ4n) is 4.27. The number of hydrogen-bond acceptors (Lipinski definition) is 4. The number of amidine groups is 1. The first-order valence-electron chi connectivity index (χ1n) is 12.8. The van der Waals surface area contributed by atoms with E-state index in [1.165, 1.54) is 5.56 Å². The maximum Gasteiger partial charge on any atom is 0.153 e. The van der Waals surface area contributed by atoms with Crippen molar-refractivity contribution in [2.24, 2.45) is 9.98 Å². The molecule has 1 N–H and O–H groups in total. The van der Waals surface area contributed by atoms with Gasteiger partial charge >= 0.3 is 0 Å². The fourth-order valence-corrected chi connectivity index (χ4v) is 4.27. The zero-order valence-electron chi connectivity index (χ0n) is 22.7. The number of benzene rings is 3. The van der Waals surface area contributed by atoms with E-state index >= 15 is 0 Å². The standard InChI is InChI=1S/C34H35N3O/c1-7-19-35-32-18-17-31(37-34(32)36-30-16-11-24(4)33(22-30)38-6)29-10-8-9-28(21-29)25(5)20-26-12-14-27(15-13-26)23(2)3/h7-17,19,21-22H,2,5,18,20H2,1,3-4,6H3,(H,36,37)/b19-7-,35-32?. The van der Waals surface area contributed by atoms with Crippen LogP contribution in [0.15, 0.2) is 108 Å². The van der Waals surface area contributed by atoms with Gasteiger partial charge in [0.15, 0.2) is 5.84 Å². The Morgan fingerprint density at radius 3 is 2.55 bits per heavy atom. The SMILES string of the molecule is C=C(C)c1ccc(CC(=C)c2cccc(C3=CCC(=N/C=C\C)C(Nc4ccc(C)c(OC)c4)=N3)c2)cc1. The minimum absolute atomic E-state index is 0.675. The van der Waals surface area contributed by atoms with Crippen LogP contribution in [0, 0.1) is 6.92 Å². The third-order valence-corrected chi connectivity index (χ3v) is 6.48. The van der Waals surface area contributed by atoms with E-state index in [2.05, 4.69) is 78.1 Å². The molecular formula is C34H35N3O. The minimum Gasteiger partial charge on any atom is -0.496 e. The molecule has 4 rings (SSSR count). The number of aryl methyl sites for hydroxylation is 1. The van der Waals surface area contributed by atoms with Gasteiger partial charge in [0.1, 0.15) is 5.75 Å². The van der Waals surface area contributed by atoms with Crippen LogP contribution in [-0.4, -0.2) is 18.7 Å². The van der Waals surface area contributed by atoms with Gasteiger partial charge < -0.3 is 10.1 Å². The molecule has 192 valence electrons. The van der Waals surface area contributed by atoms with Crippen molar-refractivity contribution in [3.8, 4) is 5.75 Å². The van der Waals surface area contributed by atoms with Gasteiger partial charge in [0.05, 0.1) is 18.5 Å². The topological polar surface area (TPSA) is 46.0 Å². The number of ether oxygens (including phenoxy) is 1. The van der Waals surface area contributed by atoms with Gasteiger partial charge in [-0.05, 0) is 67.2 Å². The van der Waals surface area contributed by atoms with Crippen molar-refractivity contribution in [2.45, 2.75) is 33.6 Å². The fraction of sp³-hybridized carbons (Fsp3) is 0.176. The summed E-state index contributed by atoms with van der Waals surface area (Å²) in [5, 5.41) is 3.46. The lowest BCUT2D eigenvalue weighted by atomic mass is 9.96. The highest BCUT2D eigenvalue weighted by molar-refractivity contribution is 6.47. The summed E-state index contributed by atoms with van der Waals surface area (Å²) >= 11 is 0. The largest absolute Gasteiger partial charge is 0.496 e. The predicted molar refractivity (Wildman–Crippen MR) is 164 cm³/mol. The third-order valence-electron chi connectivity index (χ3n) is 6.48. The summed E-state index contributed by atoms with van der Waals surface area (Å²) in [4.78, 5) is 9.62. The van der Waals surface area contributed by atoms with Crippen molar-refractivity contribution >= 4 is 34.1 Å². The molecule has 0 fully saturated rings. The van der Waals surface area contributed by atoms with Crippen molar-refractivity contribution < 1.29 is 4.74 Å². The second-order valence-corrected chi connectivity index (χ2v) is 9.46. The lowest BCUT2D eigenvalue weighted by molar-refractivity contribution is 0.412. The number of methoxy groups -OCH3 is 1. The number of aliphatic imine (C=N–C) groups is 2. The molecule has 0 radical (unpaired) electrons. The van der Waals surface area contributed by atoms with Gasteiger partial charge in [-0.1, -0.05) is 79.4 Å². The zero-order chi connectivity index (χ0) is 27.1. The van der Waals surface area contributed by atoms with Gasteiger partial charge in [-0.3, -0.25) is 4.99 Å². The van der Waals surface area contributed by atoms with Crippen molar-refractivity contribution in [2.75, 3.05) is 12.4 Å². The number of rotatable bonds is 8.